The minimum absolute atomic E-state index is 0.337. The van der Waals surface area contributed by atoms with Crippen molar-refractivity contribution in [3.8, 4) is 0 Å². The van der Waals surface area contributed by atoms with E-state index in [0.717, 1.165) is 45.1 Å². The van der Waals surface area contributed by atoms with Crippen molar-refractivity contribution >= 4 is 12.3 Å². The number of hydrogen-bond acceptors (Lipinski definition) is 2. The van der Waals surface area contributed by atoms with Gasteiger partial charge in [0.2, 0.25) is 12.3 Å². The van der Waals surface area contributed by atoms with Gasteiger partial charge in [-0.05, 0) is 32.1 Å². The van der Waals surface area contributed by atoms with Crippen LogP contribution in [-0.2, 0) is 9.59 Å². The Labute approximate surface area is 192 Å². The average Bonchev–Trinajstić information content (AvgIpc) is 2.82. The van der Waals surface area contributed by atoms with Gasteiger partial charge < -0.3 is 9.80 Å². The molecule has 4 heteroatoms. The minimum Gasteiger partial charge on any atom is -0.341 e. The number of carbonyl (C=O) groups excluding carboxylic acids is 2. The first-order valence-electron chi connectivity index (χ1n) is 13.8. The second kappa shape index (κ2) is 16.6. The van der Waals surface area contributed by atoms with Crippen LogP contribution in [0.2, 0.25) is 0 Å². The van der Waals surface area contributed by atoms with E-state index in [0.29, 0.717) is 31.0 Å². The van der Waals surface area contributed by atoms with Gasteiger partial charge in [-0.15, -0.1) is 0 Å². The molecule has 0 aromatic rings. The smallest absolute Gasteiger partial charge is 0.222 e. The summed E-state index contributed by atoms with van der Waals surface area (Å²) in [7, 11) is 0. The average molecular weight is 435 g/mol. The molecule has 0 N–H and O–H groups in total. The number of amides is 2. The highest BCUT2D eigenvalue weighted by molar-refractivity contribution is 5.76. The van der Waals surface area contributed by atoms with E-state index in [1.165, 1.54) is 89.9 Å². The molecule has 0 aromatic carbocycles. The summed E-state index contributed by atoms with van der Waals surface area (Å²) < 4.78 is 0. The predicted molar refractivity (Wildman–Crippen MR) is 130 cm³/mol. The Morgan fingerprint density at radius 3 is 1.77 bits per heavy atom. The standard InChI is InChI=1S/C27H50N2O2/c1-2-3-4-5-6-7-8-9-16-21-27(31)29(26-19-14-11-15-20-26)23-22-28(24-30)25-17-12-10-13-18-25/h24-26H,2-23H2,1H3. The summed E-state index contributed by atoms with van der Waals surface area (Å²) in [4.78, 5) is 29.1. The molecule has 2 amide bonds. The normalized spacial score (nSPS) is 18.1. The van der Waals surface area contributed by atoms with Crippen molar-refractivity contribution in [3.05, 3.63) is 0 Å². The van der Waals surface area contributed by atoms with Gasteiger partial charge in [-0.25, -0.2) is 0 Å². The van der Waals surface area contributed by atoms with Crippen LogP contribution >= 0.6 is 0 Å². The topological polar surface area (TPSA) is 40.6 Å². The molecular formula is C27H50N2O2. The quantitative estimate of drug-likeness (QED) is 0.197. The van der Waals surface area contributed by atoms with Crippen LogP contribution in [0.4, 0.5) is 0 Å². The molecule has 2 aliphatic carbocycles. The fourth-order valence-electron chi connectivity index (χ4n) is 5.59. The lowest BCUT2D eigenvalue weighted by atomic mass is 9.93. The van der Waals surface area contributed by atoms with Crippen LogP contribution in [0, 0.1) is 0 Å². The maximum Gasteiger partial charge on any atom is 0.222 e. The third-order valence-corrected chi connectivity index (χ3v) is 7.61. The Balaban J connectivity index is 1.73. The van der Waals surface area contributed by atoms with Gasteiger partial charge in [0.25, 0.3) is 0 Å². The number of hydrogen-bond donors (Lipinski definition) is 0. The highest BCUT2D eigenvalue weighted by atomic mass is 16.2. The van der Waals surface area contributed by atoms with Crippen LogP contribution in [0.1, 0.15) is 135 Å². The van der Waals surface area contributed by atoms with Gasteiger partial charge in [-0.3, -0.25) is 9.59 Å². The lowest BCUT2D eigenvalue weighted by molar-refractivity contribution is -0.135. The van der Waals surface area contributed by atoms with E-state index >= 15 is 0 Å². The van der Waals surface area contributed by atoms with Gasteiger partial charge in [0.1, 0.15) is 0 Å². The van der Waals surface area contributed by atoms with E-state index < -0.39 is 0 Å². The van der Waals surface area contributed by atoms with Gasteiger partial charge in [0.15, 0.2) is 0 Å². The molecule has 4 nitrogen and oxygen atoms in total. The molecule has 0 radical (unpaired) electrons. The monoisotopic (exact) mass is 434 g/mol. The Kier molecular flexibility index (Phi) is 14.0. The van der Waals surface area contributed by atoms with Crippen LogP contribution < -0.4 is 0 Å². The van der Waals surface area contributed by atoms with Gasteiger partial charge in [-0.1, -0.05) is 96.8 Å². The van der Waals surface area contributed by atoms with Crippen molar-refractivity contribution in [1.82, 2.24) is 9.80 Å². The molecule has 0 spiro atoms. The van der Waals surface area contributed by atoms with Crippen LogP contribution in [-0.4, -0.2) is 47.3 Å². The predicted octanol–water partition coefficient (Wildman–Crippen LogP) is 6.86. The molecule has 2 fully saturated rings. The molecule has 0 aliphatic heterocycles. The fourth-order valence-corrected chi connectivity index (χ4v) is 5.59. The van der Waals surface area contributed by atoms with E-state index in [1.54, 1.807) is 0 Å². The molecule has 31 heavy (non-hydrogen) atoms. The lowest BCUT2D eigenvalue weighted by Gasteiger charge is -2.37. The van der Waals surface area contributed by atoms with Crippen molar-refractivity contribution in [3.63, 3.8) is 0 Å². The Morgan fingerprint density at radius 1 is 0.710 bits per heavy atom. The Hall–Kier alpha value is -1.06. The summed E-state index contributed by atoms with van der Waals surface area (Å²) in [6.07, 6.45) is 25.4. The van der Waals surface area contributed by atoms with Gasteiger partial charge >= 0.3 is 0 Å². The molecule has 2 rings (SSSR count). The molecule has 180 valence electrons. The van der Waals surface area contributed by atoms with Crippen LogP contribution in [0.3, 0.4) is 0 Å². The van der Waals surface area contributed by atoms with Gasteiger partial charge in [-0.2, -0.15) is 0 Å². The lowest BCUT2D eigenvalue weighted by Crippen LogP contribution is -2.47. The molecular weight excluding hydrogens is 384 g/mol. The zero-order valence-corrected chi connectivity index (χ0v) is 20.5. The zero-order valence-electron chi connectivity index (χ0n) is 20.5. The summed E-state index contributed by atoms with van der Waals surface area (Å²) >= 11 is 0. The Bertz CT molecular complexity index is 470. The molecule has 0 heterocycles. The van der Waals surface area contributed by atoms with Crippen molar-refractivity contribution in [2.24, 2.45) is 0 Å². The van der Waals surface area contributed by atoms with Crippen LogP contribution in [0.15, 0.2) is 0 Å². The molecule has 0 aromatic heterocycles. The number of carbonyl (C=O) groups is 2. The number of unbranched alkanes of at least 4 members (excludes halogenated alkanes) is 8. The third-order valence-electron chi connectivity index (χ3n) is 7.61. The number of rotatable bonds is 16. The highest BCUT2D eigenvalue weighted by Gasteiger charge is 2.27. The van der Waals surface area contributed by atoms with E-state index in [1.807, 2.05) is 4.90 Å². The van der Waals surface area contributed by atoms with Crippen LogP contribution in [0.25, 0.3) is 0 Å². The van der Waals surface area contributed by atoms with Gasteiger partial charge in [0, 0.05) is 31.6 Å². The zero-order chi connectivity index (χ0) is 22.2. The van der Waals surface area contributed by atoms with E-state index in [4.69, 9.17) is 0 Å². The van der Waals surface area contributed by atoms with Crippen molar-refractivity contribution in [1.29, 1.82) is 0 Å². The molecule has 0 unspecified atom stereocenters. The van der Waals surface area contributed by atoms with E-state index in [2.05, 4.69) is 11.8 Å². The Morgan fingerprint density at radius 2 is 1.23 bits per heavy atom. The first kappa shape index (κ1) is 26.2. The van der Waals surface area contributed by atoms with E-state index in [9.17, 15) is 9.59 Å². The second-order valence-corrected chi connectivity index (χ2v) is 10.1. The summed E-state index contributed by atoms with van der Waals surface area (Å²) in [6, 6.07) is 0.798. The summed E-state index contributed by atoms with van der Waals surface area (Å²) in [5.74, 6) is 0.337. The highest BCUT2D eigenvalue weighted by Crippen LogP contribution is 2.25. The number of nitrogens with zero attached hydrogens (tertiary/aromatic N) is 2. The van der Waals surface area contributed by atoms with Crippen LogP contribution in [0.5, 0.6) is 0 Å². The first-order chi connectivity index (χ1) is 15.3. The molecule has 2 aliphatic rings. The second-order valence-electron chi connectivity index (χ2n) is 10.1. The maximum absolute atomic E-state index is 13.1. The fraction of sp³-hybridized carbons (Fsp3) is 0.926. The summed E-state index contributed by atoms with van der Waals surface area (Å²) in [6.45, 7) is 3.71. The van der Waals surface area contributed by atoms with E-state index in [-0.39, 0.29) is 0 Å². The summed E-state index contributed by atoms with van der Waals surface area (Å²) in [5, 5.41) is 0. The third kappa shape index (κ3) is 10.4. The van der Waals surface area contributed by atoms with Crippen molar-refractivity contribution in [2.45, 2.75) is 147 Å². The largest absolute Gasteiger partial charge is 0.341 e. The van der Waals surface area contributed by atoms with Gasteiger partial charge in [0.05, 0.1) is 0 Å². The van der Waals surface area contributed by atoms with Crippen molar-refractivity contribution in [2.75, 3.05) is 13.1 Å². The minimum atomic E-state index is 0.337. The molecule has 0 bridgehead atoms. The van der Waals surface area contributed by atoms with Crippen molar-refractivity contribution < 1.29 is 9.59 Å². The SMILES string of the molecule is CCCCCCCCCCCC(=O)N(CCN(C=O)C1CCCCC1)C1CCCCC1. The maximum atomic E-state index is 13.1. The first-order valence-corrected chi connectivity index (χ1v) is 13.8. The molecule has 2 saturated carbocycles. The molecule has 0 saturated heterocycles. The molecule has 0 atom stereocenters. The summed E-state index contributed by atoms with van der Waals surface area (Å²) in [5.41, 5.74) is 0.